The molecule has 8 heteroatoms. The van der Waals surface area contributed by atoms with Gasteiger partial charge in [0.15, 0.2) is 16.3 Å². The van der Waals surface area contributed by atoms with Gasteiger partial charge in [0.25, 0.3) is 0 Å². The molecule has 5 nitrogen and oxygen atoms in total. The van der Waals surface area contributed by atoms with E-state index in [1.165, 1.54) is 6.21 Å². The molecule has 114 valence electrons. The molecule has 3 aliphatic heterocycles. The molecule has 0 aromatic heterocycles. The number of amidine groups is 1. The molecule has 2 atom stereocenters. The summed E-state index contributed by atoms with van der Waals surface area (Å²) in [5, 5.41) is 12.9. The molecule has 21 heavy (non-hydrogen) atoms. The van der Waals surface area contributed by atoms with Gasteiger partial charge >= 0.3 is 0 Å². The summed E-state index contributed by atoms with van der Waals surface area (Å²) in [6, 6.07) is -0.776. The van der Waals surface area contributed by atoms with Crippen LogP contribution in [0.1, 0.15) is 19.8 Å². The topological polar surface area (TPSA) is 60.2 Å². The second-order valence-electron chi connectivity index (χ2n) is 5.68. The Morgan fingerprint density at radius 2 is 2.29 bits per heavy atom. The van der Waals surface area contributed by atoms with Gasteiger partial charge in [0.05, 0.1) is 5.60 Å². The smallest absolute Gasteiger partial charge is 0.198 e. The maximum absolute atomic E-state index is 14.1. The molecule has 0 bridgehead atoms. The van der Waals surface area contributed by atoms with Crippen molar-refractivity contribution < 1.29 is 9.50 Å². The minimum Gasteiger partial charge on any atom is -0.388 e. The van der Waals surface area contributed by atoms with Gasteiger partial charge in [-0.25, -0.2) is 14.4 Å². The Hall–Kier alpha value is -1.11. The first-order chi connectivity index (χ1) is 9.87. The second kappa shape index (κ2) is 5.26. The third-order valence-electron chi connectivity index (χ3n) is 3.78. The van der Waals surface area contributed by atoms with E-state index in [4.69, 9.17) is 23.2 Å². The van der Waals surface area contributed by atoms with Crippen LogP contribution < -0.4 is 5.32 Å². The molecule has 1 fully saturated rings. The van der Waals surface area contributed by atoms with Crippen molar-refractivity contribution in [2.24, 2.45) is 9.98 Å². The number of aliphatic imine (C=N–C) groups is 2. The zero-order chi connectivity index (χ0) is 15.2. The Bertz CT molecular complexity index is 597. The Morgan fingerprint density at radius 3 is 3.00 bits per heavy atom. The molecule has 0 radical (unpaired) electrons. The van der Waals surface area contributed by atoms with E-state index in [1.54, 1.807) is 6.92 Å². The zero-order valence-electron chi connectivity index (χ0n) is 11.4. The summed E-state index contributed by atoms with van der Waals surface area (Å²) in [6.07, 6.45) is 3.04. The van der Waals surface area contributed by atoms with Crippen LogP contribution in [-0.4, -0.2) is 46.2 Å². The SMILES string of the molecule is C[C@]1(O)CCCN(C2=C3C=NC(Cl)=C(F)C3NC(Cl)=N2)C1. The molecular weight excluding hydrogens is 318 g/mol. The standard InChI is InChI=1S/C13H15Cl2FN4O/c1-13(21)3-2-4-20(6-13)11-7-5-17-10(14)8(16)9(7)18-12(15)19-11/h5,9,21H,2-4,6H2,1H3,(H,18,19)/t9?,13-/m0/s1. The Kier molecular flexibility index (Phi) is 3.71. The normalized spacial score (nSPS) is 32.9. The van der Waals surface area contributed by atoms with Crippen molar-refractivity contribution in [2.75, 3.05) is 13.1 Å². The zero-order valence-corrected chi connectivity index (χ0v) is 12.9. The minimum atomic E-state index is -0.800. The fourth-order valence-electron chi connectivity index (χ4n) is 2.81. The molecule has 2 N–H and O–H groups in total. The largest absolute Gasteiger partial charge is 0.388 e. The number of fused-ring (bicyclic) bond motifs is 1. The van der Waals surface area contributed by atoms with E-state index in [9.17, 15) is 9.50 Å². The number of aliphatic hydroxyl groups is 1. The number of hydrogen-bond acceptors (Lipinski definition) is 5. The van der Waals surface area contributed by atoms with Crippen LogP contribution in [0.3, 0.4) is 0 Å². The molecule has 1 unspecified atom stereocenters. The molecule has 0 amide bonds. The summed E-state index contributed by atoms with van der Waals surface area (Å²) < 4.78 is 14.1. The van der Waals surface area contributed by atoms with Gasteiger partial charge in [0.2, 0.25) is 0 Å². The van der Waals surface area contributed by atoms with Crippen LogP contribution in [0.4, 0.5) is 4.39 Å². The monoisotopic (exact) mass is 332 g/mol. The molecule has 3 rings (SSSR count). The van der Waals surface area contributed by atoms with E-state index in [0.717, 1.165) is 19.4 Å². The predicted molar refractivity (Wildman–Crippen MR) is 81.1 cm³/mol. The highest BCUT2D eigenvalue weighted by Gasteiger charge is 2.36. The molecule has 3 aliphatic rings. The first-order valence-corrected chi connectivity index (χ1v) is 7.44. The summed E-state index contributed by atoms with van der Waals surface area (Å²) >= 11 is 11.7. The highest BCUT2D eigenvalue weighted by atomic mass is 35.5. The van der Waals surface area contributed by atoms with Crippen LogP contribution in [0.5, 0.6) is 0 Å². The molecule has 0 saturated carbocycles. The second-order valence-corrected chi connectivity index (χ2v) is 6.39. The van der Waals surface area contributed by atoms with Crippen LogP contribution in [0, 0.1) is 0 Å². The van der Waals surface area contributed by atoms with Gasteiger partial charge in [0.1, 0.15) is 11.9 Å². The Labute approximate surface area is 131 Å². The molecule has 0 spiro atoms. The van der Waals surface area contributed by atoms with Gasteiger partial charge in [-0.1, -0.05) is 11.6 Å². The first-order valence-electron chi connectivity index (χ1n) is 6.69. The van der Waals surface area contributed by atoms with Crippen molar-refractivity contribution >= 4 is 34.7 Å². The maximum Gasteiger partial charge on any atom is 0.198 e. The Balaban J connectivity index is 2.00. The van der Waals surface area contributed by atoms with Gasteiger partial charge < -0.3 is 15.3 Å². The minimum absolute atomic E-state index is 0.0962. The molecule has 3 heterocycles. The number of nitrogens with one attached hydrogen (secondary N) is 1. The lowest BCUT2D eigenvalue weighted by molar-refractivity contribution is -0.00513. The molecular formula is C13H15Cl2FN4O. The quantitative estimate of drug-likeness (QED) is 0.723. The number of piperidine rings is 1. The van der Waals surface area contributed by atoms with E-state index in [-0.39, 0.29) is 10.5 Å². The molecule has 0 aromatic carbocycles. The summed E-state index contributed by atoms with van der Waals surface area (Å²) in [6.45, 7) is 2.92. The summed E-state index contributed by atoms with van der Waals surface area (Å²) in [7, 11) is 0. The number of hydrogen-bond donors (Lipinski definition) is 2. The summed E-state index contributed by atoms with van der Waals surface area (Å²) in [5.74, 6) is -0.0460. The van der Waals surface area contributed by atoms with Crippen molar-refractivity contribution in [3.8, 4) is 0 Å². The summed E-state index contributed by atoms with van der Waals surface area (Å²) in [4.78, 5) is 10.0. The number of halogens is 3. The summed E-state index contributed by atoms with van der Waals surface area (Å²) in [5.41, 5.74) is -0.231. The third-order valence-corrected chi connectivity index (χ3v) is 4.25. The molecule has 1 saturated heterocycles. The maximum atomic E-state index is 14.1. The fraction of sp³-hybridized carbons (Fsp3) is 0.538. The van der Waals surface area contributed by atoms with Crippen LogP contribution >= 0.6 is 23.2 Å². The predicted octanol–water partition coefficient (Wildman–Crippen LogP) is 2.07. The van der Waals surface area contributed by atoms with E-state index < -0.39 is 17.5 Å². The Morgan fingerprint density at radius 1 is 1.52 bits per heavy atom. The highest BCUT2D eigenvalue weighted by molar-refractivity contribution is 6.65. The highest BCUT2D eigenvalue weighted by Crippen LogP contribution is 2.33. The average Bonchev–Trinajstić information content (AvgIpc) is 2.41. The molecule has 0 aliphatic carbocycles. The lowest BCUT2D eigenvalue weighted by atomic mass is 9.94. The lowest BCUT2D eigenvalue weighted by Crippen LogP contribution is -2.48. The third kappa shape index (κ3) is 2.80. The van der Waals surface area contributed by atoms with E-state index in [0.29, 0.717) is 17.9 Å². The van der Waals surface area contributed by atoms with Gasteiger partial charge in [-0.15, -0.1) is 0 Å². The van der Waals surface area contributed by atoms with Crippen LogP contribution in [-0.2, 0) is 0 Å². The van der Waals surface area contributed by atoms with Crippen LogP contribution in [0.2, 0.25) is 0 Å². The fourth-order valence-corrected chi connectivity index (χ4v) is 3.16. The van der Waals surface area contributed by atoms with Crippen molar-refractivity contribution in [2.45, 2.75) is 31.4 Å². The van der Waals surface area contributed by atoms with Gasteiger partial charge in [-0.05, 0) is 31.4 Å². The number of β-amino-alcohol motifs (C(OH)–C–C–N with tert-alkyl or cyclic N) is 1. The van der Waals surface area contributed by atoms with Crippen molar-refractivity contribution in [3.63, 3.8) is 0 Å². The number of likely N-dealkylation sites (tertiary alicyclic amines) is 1. The van der Waals surface area contributed by atoms with E-state index >= 15 is 0 Å². The van der Waals surface area contributed by atoms with Crippen molar-refractivity contribution in [3.05, 3.63) is 22.4 Å². The molecule has 0 aromatic rings. The van der Waals surface area contributed by atoms with E-state index in [1.807, 2.05) is 4.90 Å². The van der Waals surface area contributed by atoms with Crippen molar-refractivity contribution in [1.29, 1.82) is 0 Å². The first kappa shape index (κ1) is 14.8. The van der Waals surface area contributed by atoms with Crippen LogP contribution in [0.25, 0.3) is 0 Å². The average molecular weight is 333 g/mol. The number of nitrogens with zero attached hydrogens (tertiary/aromatic N) is 3. The van der Waals surface area contributed by atoms with Crippen LogP contribution in [0.15, 0.2) is 32.4 Å². The van der Waals surface area contributed by atoms with E-state index in [2.05, 4.69) is 15.3 Å². The van der Waals surface area contributed by atoms with Crippen molar-refractivity contribution in [1.82, 2.24) is 10.2 Å². The number of rotatable bonds is 1. The van der Waals surface area contributed by atoms with Gasteiger partial charge in [0, 0.05) is 24.9 Å². The van der Waals surface area contributed by atoms with Gasteiger partial charge in [-0.3, -0.25) is 0 Å². The lowest BCUT2D eigenvalue weighted by Gasteiger charge is -2.40. The van der Waals surface area contributed by atoms with Gasteiger partial charge in [-0.2, -0.15) is 0 Å².